The molecule has 2 unspecified atom stereocenters. The third-order valence-corrected chi connectivity index (χ3v) is 7.42. The maximum Gasteiger partial charge on any atom is 0.266 e. The van der Waals surface area contributed by atoms with E-state index in [0.29, 0.717) is 34.7 Å². The molecule has 0 spiro atoms. The van der Waals surface area contributed by atoms with Crippen LogP contribution in [0.1, 0.15) is 40.5 Å². The zero-order chi connectivity index (χ0) is 21.0. The van der Waals surface area contributed by atoms with Crippen LogP contribution in [0.3, 0.4) is 0 Å². The van der Waals surface area contributed by atoms with Crippen LogP contribution < -0.4 is 10.2 Å². The first-order valence-corrected chi connectivity index (χ1v) is 10.7. The Labute approximate surface area is 177 Å². The van der Waals surface area contributed by atoms with Crippen molar-refractivity contribution in [3.8, 4) is 0 Å². The first-order chi connectivity index (χ1) is 14.4. The lowest BCUT2D eigenvalue weighted by atomic mass is 10.1. The molecule has 4 amide bonds. The molecule has 0 bridgehead atoms. The molecule has 3 heterocycles. The fourth-order valence-corrected chi connectivity index (χ4v) is 5.82. The van der Waals surface area contributed by atoms with Gasteiger partial charge in [-0.1, -0.05) is 18.2 Å². The van der Waals surface area contributed by atoms with E-state index in [1.54, 1.807) is 65.2 Å². The van der Waals surface area contributed by atoms with Crippen LogP contribution in [0.4, 0.5) is 11.4 Å². The number of anilines is 2. The second-order valence-electron chi connectivity index (χ2n) is 7.80. The van der Waals surface area contributed by atoms with E-state index >= 15 is 0 Å². The highest BCUT2D eigenvalue weighted by Gasteiger charge is 2.52. The monoisotopic (exact) mass is 421 g/mol. The van der Waals surface area contributed by atoms with Crippen molar-refractivity contribution in [2.75, 3.05) is 16.0 Å². The van der Waals surface area contributed by atoms with Gasteiger partial charge in [-0.25, -0.2) is 4.90 Å². The lowest BCUT2D eigenvalue weighted by Crippen LogP contribution is -2.48. The minimum absolute atomic E-state index is 0.00225. The molecule has 0 saturated carbocycles. The Morgan fingerprint density at radius 1 is 1.07 bits per heavy atom. The quantitative estimate of drug-likeness (QED) is 0.770. The van der Waals surface area contributed by atoms with Crippen molar-refractivity contribution in [3.63, 3.8) is 0 Å². The maximum absolute atomic E-state index is 12.9. The van der Waals surface area contributed by atoms with Gasteiger partial charge in [-0.15, -0.1) is 11.8 Å². The van der Waals surface area contributed by atoms with Gasteiger partial charge in [0.1, 0.15) is 6.04 Å². The normalized spacial score (nSPS) is 25.0. The molecule has 0 radical (unpaired) electrons. The average molecular weight is 421 g/mol. The van der Waals surface area contributed by atoms with Crippen LogP contribution in [-0.2, 0) is 9.59 Å². The van der Waals surface area contributed by atoms with E-state index in [9.17, 15) is 19.2 Å². The van der Waals surface area contributed by atoms with Gasteiger partial charge in [0.15, 0.2) is 0 Å². The summed E-state index contributed by atoms with van der Waals surface area (Å²) in [5, 5.41) is 2.85. The minimum atomic E-state index is -0.530. The van der Waals surface area contributed by atoms with Crippen molar-refractivity contribution in [1.29, 1.82) is 0 Å². The predicted octanol–water partition coefficient (Wildman–Crippen LogP) is 2.88. The van der Waals surface area contributed by atoms with E-state index in [0.717, 1.165) is 11.3 Å². The van der Waals surface area contributed by atoms with Gasteiger partial charge in [-0.2, -0.15) is 0 Å². The second kappa shape index (κ2) is 6.70. The summed E-state index contributed by atoms with van der Waals surface area (Å²) in [5.74, 6) is -0.482. The number of hydrogen-bond acceptors (Lipinski definition) is 5. The summed E-state index contributed by atoms with van der Waals surface area (Å²) in [6.45, 7) is 2.00. The number of carbonyl (C=O) groups excluding carboxylic acids is 4. The van der Waals surface area contributed by atoms with Gasteiger partial charge < -0.3 is 10.2 Å². The molecule has 0 aliphatic carbocycles. The van der Waals surface area contributed by atoms with Crippen LogP contribution in [0, 0.1) is 0 Å². The van der Waals surface area contributed by atoms with Gasteiger partial charge in [0, 0.05) is 17.9 Å². The average Bonchev–Trinajstić information content (AvgIpc) is 3.32. The van der Waals surface area contributed by atoms with Crippen LogP contribution in [-0.4, -0.2) is 45.2 Å². The van der Waals surface area contributed by atoms with E-state index < -0.39 is 6.04 Å². The smallest absolute Gasteiger partial charge is 0.266 e. The molecule has 5 rings (SSSR count). The molecule has 8 heteroatoms. The summed E-state index contributed by atoms with van der Waals surface area (Å²) < 4.78 is 0. The first kappa shape index (κ1) is 18.9. The van der Waals surface area contributed by atoms with Crippen LogP contribution in [0.2, 0.25) is 0 Å². The Hall–Kier alpha value is -3.13. The Balaban J connectivity index is 1.38. The minimum Gasteiger partial charge on any atom is -0.324 e. The highest BCUT2D eigenvalue weighted by Crippen LogP contribution is 2.47. The molecular formula is C22H19N3O4S. The standard InChI is InChI=1S/C22H19N3O4S/c1-22-10-9-18(26)25(22)17(12-30-22)19(27)23-13-5-4-6-14(11-13)24-20(28)15-7-2-3-8-16(15)21(24)29/h2-8,11,17H,9-10,12H2,1H3,(H,23,27). The predicted molar refractivity (Wildman–Crippen MR) is 113 cm³/mol. The van der Waals surface area contributed by atoms with Gasteiger partial charge in [-0.05, 0) is 43.7 Å². The van der Waals surface area contributed by atoms with Gasteiger partial charge in [0.2, 0.25) is 11.8 Å². The molecule has 2 fully saturated rings. The summed E-state index contributed by atoms with van der Waals surface area (Å²) >= 11 is 1.63. The highest BCUT2D eigenvalue weighted by atomic mass is 32.2. The number of nitrogens with zero attached hydrogens (tertiary/aromatic N) is 2. The Kier molecular flexibility index (Phi) is 4.21. The number of hydrogen-bond donors (Lipinski definition) is 1. The lowest BCUT2D eigenvalue weighted by Gasteiger charge is -2.29. The van der Waals surface area contributed by atoms with Crippen LogP contribution in [0.25, 0.3) is 0 Å². The molecule has 3 aliphatic heterocycles. The van der Waals surface area contributed by atoms with Gasteiger partial charge >= 0.3 is 0 Å². The lowest BCUT2D eigenvalue weighted by molar-refractivity contribution is -0.135. The van der Waals surface area contributed by atoms with Crippen molar-refractivity contribution < 1.29 is 19.2 Å². The number of fused-ring (bicyclic) bond motifs is 2. The molecular weight excluding hydrogens is 402 g/mol. The maximum atomic E-state index is 12.9. The second-order valence-corrected chi connectivity index (χ2v) is 9.30. The fourth-order valence-electron chi connectivity index (χ4n) is 4.39. The molecule has 2 aromatic rings. The van der Waals surface area contributed by atoms with Crippen molar-refractivity contribution in [1.82, 2.24) is 4.90 Å². The van der Waals surface area contributed by atoms with E-state index in [2.05, 4.69) is 5.32 Å². The Bertz CT molecular complexity index is 1080. The van der Waals surface area contributed by atoms with Gasteiger partial charge in [0.05, 0.1) is 21.7 Å². The van der Waals surface area contributed by atoms with Crippen molar-refractivity contribution in [3.05, 3.63) is 59.7 Å². The summed E-state index contributed by atoms with van der Waals surface area (Å²) in [6, 6.07) is 12.8. The number of amides is 4. The summed E-state index contributed by atoms with van der Waals surface area (Å²) in [4.78, 5) is 53.1. The van der Waals surface area contributed by atoms with Crippen LogP contribution in [0.15, 0.2) is 48.5 Å². The number of thioether (sulfide) groups is 1. The van der Waals surface area contributed by atoms with E-state index in [-0.39, 0.29) is 28.5 Å². The molecule has 1 N–H and O–H groups in total. The van der Waals surface area contributed by atoms with Crippen LogP contribution in [0.5, 0.6) is 0 Å². The number of benzene rings is 2. The zero-order valence-corrected chi connectivity index (χ0v) is 17.1. The Morgan fingerprint density at radius 3 is 2.47 bits per heavy atom. The van der Waals surface area contributed by atoms with Gasteiger partial charge in [0.25, 0.3) is 11.8 Å². The molecule has 2 aromatic carbocycles. The third-order valence-electron chi connectivity index (χ3n) is 5.91. The number of nitrogens with one attached hydrogen (secondary N) is 1. The Morgan fingerprint density at radius 2 is 1.77 bits per heavy atom. The summed E-state index contributed by atoms with van der Waals surface area (Å²) in [5.41, 5.74) is 1.60. The summed E-state index contributed by atoms with van der Waals surface area (Å²) in [6.07, 6.45) is 1.21. The van der Waals surface area contributed by atoms with E-state index in [1.807, 2.05) is 6.92 Å². The highest BCUT2D eigenvalue weighted by molar-refractivity contribution is 8.01. The summed E-state index contributed by atoms with van der Waals surface area (Å²) in [7, 11) is 0. The first-order valence-electron chi connectivity index (χ1n) is 9.74. The van der Waals surface area contributed by atoms with Crippen molar-refractivity contribution in [2.24, 2.45) is 0 Å². The van der Waals surface area contributed by atoms with Crippen molar-refractivity contribution in [2.45, 2.75) is 30.7 Å². The largest absolute Gasteiger partial charge is 0.324 e. The molecule has 3 aliphatic rings. The molecule has 30 heavy (non-hydrogen) atoms. The molecule has 152 valence electrons. The number of rotatable bonds is 3. The third kappa shape index (κ3) is 2.74. The van der Waals surface area contributed by atoms with Crippen LogP contribution >= 0.6 is 11.8 Å². The van der Waals surface area contributed by atoms with E-state index in [4.69, 9.17) is 0 Å². The topological polar surface area (TPSA) is 86.8 Å². The fraction of sp³-hybridized carbons (Fsp3) is 0.273. The van der Waals surface area contributed by atoms with Gasteiger partial charge in [-0.3, -0.25) is 19.2 Å². The van der Waals surface area contributed by atoms with Crippen molar-refractivity contribution >= 4 is 46.8 Å². The molecule has 0 aromatic heterocycles. The zero-order valence-electron chi connectivity index (χ0n) is 16.3. The van der Waals surface area contributed by atoms with E-state index in [1.165, 1.54) is 0 Å². The SMILES string of the molecule is CC12CCC(=O)N1C(C(=O)Nc1cccc(N3C(=O)c4ccccc4C3=O)c1)CS2. The number of carbonyl (C=O) groups is 4. The molecule has 2 atom stereocenters. The number of imide groups is 1. The molecule has 2 saturated heterocycles. The molecule has 7 nitrogen and oxygen atoms in total.